The lowest BCUT2D eigenvalue weighted by Crippen LogP contribution is -2.58. The molecule has 5 rings (SSSR count). The summed E-state index contributed by atoms with van der Waals surface area (Å²) in [6, 6.07) is 2.75. The van der Waals surface area contributed by atoms with Gasteiger partial charge in [0.2, 0.25) is 0 Å². The Morgan fingerprint density at radius 3 is 2.45 bits per heavy atom. The first-order valence-corrected chi connectivity index (χ1v) is 11.0. The maximum absolute atomic E-state index is 13.1. The number of aliphatic hydroxyl groups is 1. The molecule has 0 radical (unpaired) electrons. The van der Waals surface area contributed by atoms with Crippen molar-refractivity contribution in [2.45, 2.75) is 50.3 Å². The smallest absolute Gasteiger partial charge is 0.416 e. The molecule has 10 heteroatoms. The van der Waals surface area contributed by atoms with Crippen molar-refractivity contribution in [2.75, 3.05) is 32.2 Å². The second-order valence-electron chi connectivity index (χ2n) is 9.64. The minimum absolute atomic E-state index is 0.0445. The van der Waals surface area contributed by atoms with E-state index < -0.39 is 41.2 Å². The molecule has 0 unspecified atom stereocenters. The number of ether oxygens (including phenoxy) is 3. The number of halogens is 3. The van der Waals surface area contributed by atoms with Crippen molar-refractivity contribution in [1.29, 1.82) is 0 Å². The Balaban J connectivity index is 1.40. The quantitative estimate of drug-likeness (QED) is 0.445. The summed E-state index contributed by atoms with van der Waals surface area (Å²) in [7, 11) is 1.45. The van der Waals surface area contributed by atoms with Crippen molar-refractivity contribution in [2.24, 2.45) is 17.3 Å². The zero-order valence-corrected chi connectivity index (χ0v) is 18.4. The molecule has 1 aromatic carbocycles. The molecule has 0 heterocycles. The van der Waals surface area contributed by atoms with E-state index in [1.165, 1.54) is 7.11 Å². The number of anilines is 1. The Kier molecular flexibility index (Phi) is 6.34. The zero-order valence-electron chi connectivity index (χ0n) is 18.4. The molecule has 0 saturated heterocycles. The van der Waals surface area contributed by atoms with Crippen LogP contribution >= 0.6 is 0 Å². The summed E-state index contributed by atoms with van der Waals surface area (Å²) in [5, 5.41) is 13.2. The topological polar surface area (TPSA) is 94.1 Å². The first-order valence-electron chi connectivity index (χ1n) is 11.0. The molecule has 0 aromatic heterocycles. The van der Waals surface area contributed by atoms with E-state index >= 15 is 0 Å². The first kappa shape index (κ1) is 23.8. The van der Waals surface area contributed by atoms with Crippen LogP contribution in [0.4, 0.5) is 18.9 Å². The summed E-state index contributed by atoms with van der Waals surface area (Å²) in [4.78, 5) is 25.4. The number of amides is 1. The van der Waals surface area contributed by atoms with Crippen LogP contribution in [-0.4, -0.2) is 49.5 Å². The van der Waals surface area contributed by atoms with E-state index in [0.29, 0.717) is 32.1 Å². The zero-order chi connectivity index (χ0) is 23.9. The number of carbonyl (C=O) groups is 2. The monoisotopic (exact) mass is 471 g/mol. The van der Waals surface area contributed by atoms with Crippen LogP contribution in [0.25, 0.3) is 0 Å². The van der Waals surface area contributed by atoms with Crippen LogP contribution in [0.15, 0.2) is 18.2 Å². The van der Waals surface area contributed by atoms with E-state index in [9.17, 15) is 27.9 Å². The van der Waals surface area contributed by atoms with Gasteiger partial charge in [0.1, 0.15) is 12.4 Å². The molecule has 1 aromatic rings. The van der Waals surface area contributed by atoms with Gasteiger partial charge in [-0.25, -0.2) is 0 Å². The van der Waals surface area contributed by atoms with E-state index in [1.807, 2.05) is 0 Å². The predicted octanol–water partition coefficient (Wildman–Crippen LogP) is 3.54. The largest absolute Gasteiger partial charge is 0.489 e. The van der Waals surface area contributed by atoms with Gasteiger partial charge in [-0.05, 0) is 68.6 Å². The van der Waals surface area contributed by atoms with Gasteiger partial charge in [-0.2, -0.15) is 13.2 Å². The number of carbonyl (C=O) groups excluding carboxylic acids is 2. The minimum atomic E-state index is -4.60. The molecule has 2 atom stereocenters. The standard InChI is InChI=1S/C23H28F3NO6/c1-31-4-5-32-18-3-2-16(23(24,25)26)7-17(18)27-19(28)12-33-20(29)21-8-14-6-15(9-21)11-22(30,10-14)13-21/h2-3,7,14-15,30H,4-6,8-13H2,1H3,(H,27,28)/t14-,15-,21?,22?/m1/s1. The number of hydrogen-bond acceptors (Lipinski definition) is 6. The second-order valence-corrected chi connectivity index (χ2v) is 9.64. The van der Waals surface area contributed by atoms with E-state index in [-0.39, 0.29) is 36.5 Å². The average molecular weight is 471 g/mol. The highest BCUT2D eigenvalue weighted by atomic mass is 19.4. The normalized spacial score (nSPS) is 30.2. The van der Waals surface area contributed by atoms with Crippen molar-refractivity contribution < 1.29 is 42.1 Å². The summed E-state index contributed by atoms with van der Waals surface area (Å²) < 4.78 is 54.9. The number of hydrogen-bond donors (Lipinski definition) is 2. The van der Waals surface area contributed by atoms with Gasteiger partial charge in [0.15, 0.2) is 6.61 Å². The predicted molar refractivity (Wildman–Crippen MR) is 110 cm³/mol. The second kappa shape index (κ2) is 8.79. The third-order valence-corrected chi connectivity index (χ3v) is 6.92. The molecule has 0 aliphatic heterocycles. The van der Waals surface area contributed by atoms with Crippen LogP contribution in [0.1, 0.15) is 44.1 Å². The maximum atomic E-state index is 13.1. The van der Waals surface area contributed by atoms with Gasteiger partial charge in [0.25, 0.3) is 5.91 Å². The van der Waals surface area contributed by atoms with Crippen LogP contribution in [0.2, 0.25) is 0 Å². The van der Waals surface area contributed by atoms with Gasteiger partial charge in [0, 0.05) is 7.11 Å². The Morgan fingerprint density at radius 1 is 1.15 bits per heavy atom. The number of methoxy groups -OCH3 is 1. The average Bonchev–Trinajstić information content (AvgIpc) is 2.70. The van der Waals surface area contributed by atoms with Gasteiger partial charge in [-0.1, -0.05) is 0 Å². The van der Waals surface area contributed by atoms with Gasteiger partial charge in [-0.15, -0.1) is 0 Å². The van der Waals surface area contributed by atoms with Gasteiger partial charge in [0.05, 0.1) is 28.9 Å². The highest BCUT2D eigenvalue weighted by Gasteiger charge is 2.60. The molecular formula is C23H28F3NO6. The molecule has 4 fully saturated rings. The van der Waals surface area contributed by atoms with E-state index in [2.05, 4.69) is 5.32 Å². The highest BCUT2D eigenvalue weighted by Crippen LogP contribution is 2.62. The van der Waals surface area contributed by atoms with Crippen LogP contribution in [0, 0.1) is 17.3 Å². The molecular weight excluding hydrogens is 443 g/mol. The van der Waals surface area contributed by atoms with Crippen molar-refractivity contribution in [1.82, 2.24) is 0 Å². The number of benzene rings is 1. The van der Waals surface area contributed by atoms with Crippen molar-refractivity contribution in [3.8, 4) is 5.75 Å². The molecule has 4 bridgehead atoms. The Labute approximate surface area is 189 Å². The number of alkyl halides is 3. The van der Waals surface area contributed by atoms with Gasteiger partial charge < -0.3 is 24.6 Å². The number of esters is 1. The Bertz CT molecular complexity index is 904. The number of rotatable bonds is 8. The van der Waals surface area contributed by atoms with Crippen molar-refractivity contribution in [3.05, 3.63) is 23.8 Å². The summed E-state index contributed by atoms with van der Waals surface area (Å²) >= 11 is 0. The van der Waals surface area contributed by atoms with Gasteiger partial charge >= 0.3 is 12.1 Å². The fourth-order valence-electron chi connectivity index (χ4n) is 6.09. The summed E-state index contributed by atoms with van der Waals surface area (Å²) in [6.07, 6.45) is -0.608. The fourth-order valence-corrected chi connectivity index (χ4v) is 6.09. The fraction of sp³-hybridized carbons (Fsp3) is 0.652. The minimum Gasteiger partial charge on any atom is -0.489 e. The molecule has 4 aliphatic carbocycles. The lowest BCUT2D eigenvalue weighted by molar-refractivity contribution is -0.196. The lowest BCUT2D eigenvalue weighted by atomic mass is 9.48. The molecule has 7 nitrogen and oxygen atoms in total. The third kappa shape index (κ3) is 5.11. The SMILES string of the molecule is COCCOc1ccc(C(F)(F)F)cc1NC(=O)COC(=O)C12C[C@H]3C[C@@H](CC(O)(C3)C1)C2. The van der Waals surface area contributed by atoms with E-state index in [0.717, 1.165) is 24.6 Å². The lowest BCUT2D eigenvalue weighted by Gasteiger charge is -2.58. The Hall–Kier alpha value is -2.33. The maximum Gasteiger partial charge on any atom is 0.416 e. The summed E-state index contributed by atoms with van der Waals surface area (Å²) in [5.74, 6) is -0.708. The molecule has 0 spiro atoms. The molecule has 4 aliphatic rings. The molecule has 4 saturated carbocycles. The molecule has 182 valence electrons. The van der Waals surface area contributed by atoms with Crippen LogP contribution in [0.3, 0.4) is 0 Å². The highest BCUT2D eigenvalue weighted by molar-refractivity contribution is 5.94. The summed E-state index contributed by atoms with van der Waals surface area (Å²) in [5.41, 5.74) is -2.76. The molecule has 2 N–H and O–H groups in total. The number of nitrogens with one attached hydrogen (secondary N) is 1. The Morgan fingerprint density at radius 2 is 1.85 bits per heavy atom. The van der Waals surface area contributed by atoms with Crippen molar-refractivity contribution >= 4 is 17.6 Å². The van der Waals surface area contributed by atoms with Crippen molar-refractivity contribution in [3.63, 3.8) is 0 Å². The van der Waals surface area contributed by atoms with E-state index in [1.54, 1.807) is 0 Å². The van der Waals surface area contributed by atoms with Crippen LogP contribution in [0.5, 0.6) is 5.75 Å². The summed E-state index contributed by atoms with van der Waals surface area (Å²) in [6.45, 7) is -0.349. The van der Waals surface area contributed by atoms with Gasteiger partial charge in [-0.3, -0.25) is 9.59 Å². The van der Waals surface area contributed by atoms with E-state index in [4.69, 9.17) is 14.2 Å². The molecule has 33 heavy (non-hydrogen) atoms. The molecule has 1 amide bonds. The van der Waals surface area contributed by atoms with Crippen LogP contribution < -0.4 is 10.1 Å². The first-order chi connectivity index (χ1) is 15.5. The van der Waals surface area contributed by atoms with Crippen LogP contribution in [-0.2, 0) is 25.2 Å². The third-order valence-electron chi connectivity index (χ3n) is 6.92.